The summed E-state index contributed by atoms with van der Waals surface area (Å²) in [6.45, 7) is 7.12. The lowest BCUT2D eigenvalue weighted by Crippen LogP contribution is -2.55. The van der Waals surface area contributed by atoms with Gasteiger partial charge in [0, 0.05) is 29.9 Å². The van der Waals surface area contributed by atoms with Gasteiger partial charge in [-0.1, -0.05) is 45.1 Å². The molecule has 3 heteroatoms. The molecule has 3 nitrogen and oxygen atoms in total. The molecule has 1 saturated heterocycles. The summed E-state index contributed by atoms with van der Waals surface area (Å²) in [5.74, 6) is 1.19. The first-order valence-electron chi connectivity index (χ1n) is 13.6. The standard InChI is InChI=1S/C31H38N2O/c1-20(2)33-26-7-6-24-17-25-10-12-29(3)27(22-5-4-21-11-15-32-19-23(21)16-22)8-9-28(29)31(25)14-13-30(24,18-26)34-31/h4-5,10-11,15-17,19-20,26-28,33H,6-9,12-14,18H2,1-3H3. The number of pyridine rings is 1. The molecule has 2 saturated carbocycles. The van der Waals surface area contributed by atoms with Crippen LogP contribution in [-0.4, -0.2) is 28.3 Å². The lowest BCUT2D eigenvalue weighted by molar-refractivity contribution is -0.136. The average molecular weight is 455 g/mol. The van der Waals surface area contributed by atoms with Gasteiger partial charge in [-0.05, 0) is 103 Å². The van der Waals surface area contributed by atoms with E-state index in [0.717, 1.165) is 6.42 Å². The van der Waals surface area contributed by atoms with Gasteiger partial charge in [0.1, 0.15) is 0 Å². The fourth-order valence-electron chi connectivity index (χ4n) is 8.89. The van der Waals surface area contributed by atoms with Gasteiger partial charge in [-0.3, -0.25) is 4.98 Å². The summed E-state index contributed by atoms with van der Waals surface area (Å²) in [7, 11) is 0. The Labute approximate surface area is 204 Å². The van der Waals surface area contributed by atoms with Crippen molar-refractivity contribution in [1.29, 1.82) is 0 Å². The summed E-state index contributed by atoms with van der Waals surface area (Å²) in [4.78, 5) is 4.38. The lowest BCUT2D eigenvalue weighted by Gasteiger charge is -2.54. The summed E-state index contributed by atoms with van der Waals surface area (Å²) in [5, 5.41) is 6.39. The van der Waals surface area contributed by atoms with Gasteiger partial charge < -0.3 is 10.1 Å². The van der Waals surface area contributed by atoms with Gasteiger partial charge in [0.15, 0.2) is 0 Å². The van der Waals surface area contributed by atoms with E-state index in [0.29, 0.717) is 23.9 Å². The minimum Gasteiger partial charge on any atom is -0.359 e. The van der Waals surface area contributed by atoms with Crippen molar-refractivity contribution in [3.05, 3.63) is 65.5 Å². The molecular formula is C31H38N2O. The molecular weight excluding hydrogens is 416 g/mol. The van der Waals surface area contributed by atoms with E-state index in [4.69, 9.17) is 4.74 Å². The van der Waals surface area contributed by atoms with Crippen molar-refractivity contribution < 1.29 is 4.74 Å². The SMILES string of the molecule is CC(C)NC1CCC2=CC3=CCC4(C)C(c5ccc6ccncc6c5)CCC4C34CCC2(C1)O4. The molecule has 0 amide bonds. The molecule has 5 aliphatic rings. The molecule has 7 rings (SSSR count). The molecule has 2 aliphatic heterocycles. The molecule has 2 spiro atoms. The molecule has 2 aromatic rings. The van der Waals surface area contributed by atoms with Gasteiger partial charge in [0.25, 0.3) is 0 Å². The molecule has 3 heterocycles. The lowest BCUT2D eigenvalue weighted by atomic mass is 9.58. The minimum absolute atomic E-state index is 0.0207. The Kier molecular flexibility index (Phi) is 4.56. The summed E-state index contributed by atoms with van der Waals surface area (Å²) in [5.41, 5.74) is 4.78. The first kappa shape index (κ1) is 21.3. The Bertz CT molecular complexity index is 1210. The summed E-state index contributed by atoms with van der Waals surface area (Å²) >= 11 is 0. The predicted octanol–water partition coefficient (Wildman–Crippen LogP) is 6.84. The summed E-state index contributed by atoms with van der Waals surface area (Å²) in [6.07, 6.45) is 18.8. The number of fused-ring (bicyclic) bond motifs is 2. The van der Waals surface area contributed by atoms with Gasteiger partial charge in [0.2, 0.25) is 0 Å². The maximum atomic E-state index is 7.44. The van der Waals surface area contributed by atoms with Gasteiger partial charge in [-0.25, -0.2) is 0 Å². The van der Waals surface area contributed by atoms with Crippen molar-refractivity contribution in [2.24, 2.45) is 11.3 Å². The van der Waals surface area contributed by atoms with Crippen LogP contribution in [-0.2, 0) is 4.74 Å². The van der Waals surface area contributed by atoms with E-state index in [1.165, 1.54) is 66.9 Å². The van der Waals surface area contributed by atoms with E-state index >= 15 is 0 Å². The van der Waals surface area contributed by atoms with Crippen LogP contribution in [0, 0.1) is 11.3 Å². The maximum Gasteiger partial charge on any atom is 0.0974 e. The number of rotatable bonds is 3. The zero-order valence-electron chi connectivity index (χ0n) is 20.9. The van der Waals surface area contributed by atoms with E-state index in [-0.39, 0.29) is 16.6 Å². The van der Waals surface area contributed by atoms with Crippen molar-refractivity contribution in [1.82, 2.24) is 10.3 Å². The quantitative estimate of drug-likeness (QED) is 0.551. The highest BCUT2D eigenvalue weighted by molar-refractivity contribution is 5.82. The number of ether oxygens (including phenoxy) is 1. The zero-order chi connectivity index (χ0) is 23.1. The predicted molar refractivity (Wildman–Crippen MR) is 138 cm³/mol. The molecule has 6 unspecified atom stereocenters. The molecule has 1 aromatic heterocycles. The Morgan fingerprint density at radius 3 is 2.88 bits per heavy atom. The second kappa shape index (κ2) is 7.27. The van der Waals surface area contributed by atoms with Gasteiger partial charge >= 0.3 is 0 Å². The van der Waals surface area contributed by atoms with Crippen LogP contribution < -0.4 is 5.32 Å². The number of allylic oxidation sites excluding steroid dienone is 1. The zero-order valence-corrected chi connectivity index (χ0v) is 20.9. The Hall–Kier alpha value is -1.97. The van der Waals surface area contributed by atoms with E-state index in [9.17, 15) is 0 Å². The first-order chi connectivity index (χ1) is 16.4. The van der Waals surface area contributed by atoms with Crippen molar-refractivity contribution in [2.75, 3.05) is 0 Å². The second-order valence-corrected chi connectivity index (χ2v) is 12.5. The van der Waals surface area contributed by atoms with E-state index in [1.54, 1.807) is 5.57 Å². The largest absolute Gasteiger partial charge is 0.359 e. The number of hydrogen-bond donors (Lipinski definition) is 1. The second-order valence-electron chi connectivity index (χ2n) is 12.5. The molecule has 6 atom stereocenters. The Balaban J connectivity index is 1.25. The highest BCUT2D eigenvalue weighted by Gasteiger charge is 2.66. The molecule has 3 fully saturated rings. The fourth-order valence-corrected chi connectivity index (χ4v) is 8.89. The third kappa shape index (κ3) is 2.86. The van der Waals surface area contributed by atoms with Gasteiger partial charge in [-0.15, -0.1) is 0 Å². The number of benzene rings is 1. The van der Waals surface area contributed by atoms with Crippen LogP contribution in [0.5, 0.6) is 0 Å². The van der Waals surface area contributed by atoms with Crippen molar-refractivity contribution >= 4 is 10.8 Å². The van der Waals surface area contributed by atoms with Gasteiger partial charge in [-0.2, -0.15) is 0 Å². The highest BCUT2D eigenvalue weighted by Crippen LogP contribution is 2.69. The first-order valence-corrected chi connectivity index (χ1v) is 13.6. The fraction of sp³-hybridized carbons (Fsp3) is 0.581. The molecule has 1 N–H and O–H groups in total. The van der Waals surface area contributed by atoms with Crippen LogP contribution in [0.1, 0.15) is 83.6 Å². The van der Waals surface area contributed by atoms with Gasteiger partial charge in [0.05, 0.1) is 11.2 Å². The normalized spacial score (nSPS) is 40.5. The monoisotopic (exact) mass is 454 g/mol. The molecule has 2 bridgehead atoms. The number of aromatic nitrogens is 1. The molecule has 3 aliphatic carbocycles. The molecule has 0 radical (unpaired) electrons. The van der Waals surface area contributed by atoms with Crippen molar-refractivity contribution in [3.63, 3.8) is 0 Å². The van der Waals surface area contributed by atoms with Crippen LogP contribution in [0.4, 0.5) is 0 Å². The van der Waals surface area contributed by atoms with E-state index in [1.807, 2.05) is 12.4 Å². The highest BCUT2D eigenvalue weighted by atomic mass is 16.5. The number of nitrogens with one attached hydrogen (secondary N) is 1. The number of hydrogen-bond acceptors (Lipinski definition) is 3. The Morgan fingerprint density at radius 1 is 1.09 bits per heavy atom. The van der Waals surface area contributed by atoms with Crippen LogP contribution in [0.3, 0.4) is 0 Å². The third-order valence-electron chi connectivity index (χ3n) is 10.3. The minimum atomic E-state index is -0.0661. The van der Waals surface area contributed by atoms with Crippen LogP contribution in [0.25, 0.3) is 10.8 Å². The topological polar surface area (TPSA) is 34.2 Å². The maximum absolute atomic E-state index is 7.44. The molecule has 34 heavy (non-hydrogen) atoms. The Morgan fingerprint density at radius 2 is 2.00 bits per heavy atom. The van der Waals surface area contributed by atoms with E-state index < -0.39 is 0 Å². The summed E-state index contributed by atoms with van der Waals surface area (Å²) < 4.78 is 7.44. The molecule has 1 aromatic carbocycles. The number of nitrogens with zero attached hydrogens (tertiary/aromatic N) is 1. The van der Waals surface area contributed by atoms with Crippen LogP contribution in [0.15, 0.2) is 60.0 Å². The smallest absolute Gasteiger partial charge is 0.0974 e. The molecule has 178 valence electrons. The van der Waals surface area contributed by atoms with Crippen molar-refractivity contribution in [3.8, 4) is 0 Å². The average Bonchev–Trinajstić information content (AvgIpc) is 3.33. The van der Waals surface area contributed by atoms with E-state index in [2.05, 4.69) is 67.5 Å². The van der Waals surface area contributed by atoms with Crippen LogP contribution >= 0.6 is 0 Å². The van der Waals surface area contributed by atoms with Crippen molar-refractivity contribution in [2.45, 2.75) is 101 Å². The van der Waals surface area contributed by atoms with Crippen LogP contribution in [0.2, 0.25) is 0 Å². The summed E-state index contributed by atoms with van der Waals surface area (Å²) in [6, 6.07) is 10.3. The third-order valence-corrected chi connectivity index (χ3v) is 10.3.